The smallest absolute Gasteiger partial charge is 0.239 e. The third-order valence-electron chi connectivity index (χ3n) is 15.2. The fourth-order valence-electron chi connectivity index (χ4n) is 11.9. The molecule has 3 fully saturated rings. The van der Waals surface area contributed by atoms with Gasteiger partial charge in [-0.25, -0.2) is 4.39 Å². The van der Waals surface area contributed by atoms with Crippen molar-refractivity contribution in [3.8, 4) is 17.2 Å². The maximum Gasteiger partial charge on any atom is 0.239 e. The van der Waals surface area contributed by atoms with Crippen molar-refractivity contribution in [3.63, 3.8) is 0 Å². The van der Waals surface area contributed by atoms with E-state index in [4.69, 9.17) is 28.9 Å². The third-order valence-corrected chi connectivity index (χ3v) is 15.2. The number of ether oxygens (including phenoxy) is 4. The molecule has 68 heavy (non-hydrogen) atoms. The van der Waals surface area contributed by atoms with Crippen LogP contribution in [-0.4, -0.2) is 71.3 Å². The van der Waals surface area contributed by atoms with Gasteiger partial charge >= 0.3 is 0 Å². The van der Waals surface area contributed by atoms with E-state index in [-0.39, 0.29) is 62.3 Å². The highest BCUT2D eigenvalue weighted by Crippen LogP contribution is 2.62. The van der Waals surface area contributed by atoms with Gasteiger partial charge in [0.05, 0.1) is 24.8 Å². The van der Waals surface area contributed by atoms with Crippen molar-refractivity contribution in [1.29, 1.82) is 0 Å². The molecule has 1 amide bonds. The van der Waals surface area contributed by atoms with Gasteiger partial charge < -0.3 is 38.9 Å². The Morgan fingerprint density at radius 2 is 1.62 bits per heavy atom. The number of amides is 1. The summed E-state index contributed by atoms with van der Waals surface area (Å²) in [6.45, 7) is 5.27. The summed E-state index contributed by atoms with van der Waals surface area (Å²) in [6, 6.07) is 26.1. The van der Waals surface area contributed by atoms with Crippen molar-refractivity contribution in [2.24, 2.45) is 28.8 Å². The quantitative estimate of drug-likeness (QED) is 0.0482. The molecule has 0 bridgehead atoms. The van der Waals surface area contributed by atoms with Crippen molar-refractivity contribution in [1.82, 2.24) is 4.90 Å². The zero-order valence-electron chi connectivity index (χ0n) is 39.5. The van der Waals surface area contributed by atoms with E-state index in [2.05, 4.69) is 43.0 Å². The van der Waals surface area contributed by atoms with E-state index in [9.17, 15) is 14.6 Å². The molecule has 5 aliphatic rings. The van der Waals surface area contributed by atoms with Crippen LogP contribution in [0, 0.1) is 29.5 Å². The second-order valence-electron chi connectivity index (χ2n) is 19.6. The third kappa shape index (κ3) is 10.7. The van der Waals surface area contributed by atoms with E-state index in [1.807, 2.05) is 35.2 Å². The molecule has 2 heterocycles. The number of carbonyl (C=O) groups is 1. The Bertz CT molecular complexity index is 2390. The summed E-state index contributed by atoms with van der Waals surface area (Å²) < 4.78 is 42.1. The summed E-state index contributed by atoms with van der Waals surface area (Å²) in [4.78, 5) is 23.6. The maximum absolute atomic E-state index is 15.3. The molecule has 4 aromatic carbocycles. The molecule has 7 unspecified atom stereocenters. The van der Waals surface area contributed by atoms with Crippen LogP contribution in [0.4, 0.5) is 4.39 Å². The molecule has 1 saturated heterocycles. The Morgan fingerprint density at radius 3 is 2.38 bits per heavy atom. The van der Waals surface area contributed by atoms with Gasteiger partial charge in [-0.2, -0.15) is 0 Å². The number of aliphatic hydroxyl groups excluding tert-OH is 2. The predicted molar refractivity (Wildman–Crippen MR) is 262 cm³/mol. The van der Waals surface area contributed by atoms with Crippen molar-refractivity contribution in [2.45, 2.75) is 133 Å². The van der Waals surface area contributed by atoms with Gasteiger partial charge in [-0.05, 0) is 127 Å². The molecular formula is C57H69FN2O8. The molecule has 4 aromatic rings. The zero-order chi connectivity index (χ0) is 46.9. The second kappa shape index (κ2) is 22.6. The summed E-state index contributed by atoms with van der Waals surface area (Å²) in [7, 11) is 0. The van der Waals surface area contributed by atoms with Crippen LogP contribution in [0.2, 0.25) is 0 Å². The maximum atomic E-state index is 15.3. The molecule has 10 nitrogen and oxygen atoms in total. The molecule has 11 heteroatoms. The minimum atomic E-state index is -1.42. The van der Waals surface area contributed by atoms with Gasteiger partial charge in [-0.3, -0.25) is 4.79 Å². The highest BCUT2D eigenvalue weighted by atomic mass is 19.1. The minimum Gasteiger partial charge on any atom is -0.459 e. The highest BCUT2D eigenvalue weighted by molar-refractivity contribution is 6.03. The lowest BCUT2D eigenvalue weighted by Crippen LogP contribution is -2.70. The van der Waals surface area contributed by atoms with Gasteiger partial charge in [-0.15, -0.1) is 6.58 Å². The Balaban J connectivity index is 1.22. The van der Waals surface area contributed by atoms with E-state index < -0.39 is 24.0 Å². The predicted octanol–water partition coefficient (Wildman–Crippen LogP) is 11.9. The average Bonchev–Trinajstić information content (AvgIpc) is 3.90. The van der Waals surface area contributed by atoms with Gasteiger partial charge in [0.2, 0.25) is 18.0 Å². The van der Waals surface area contributed by atoms with Crippen LogP contribution in [0.15, 0.2) is 114 Å². The molecular weight excluding hydrogens is 860 g/mol. The van der Waals surface area contributed by atoms with Gasteiger partial charge in [0, 0.05) is 50.5 Å². The van der Waals surface area contributed by atoms with Crippen LogP contribution < -0.4 is 9.47 Å². The highest BCUT2D eigenvalue weighted by Gasteiger charge is 2.65. The topological polar surface area (TPSA) is 119 Å². The Kier molecular flexibility index (Phi) is 15.9. The SMILES string of the molecule is C=CCOC12Oc3ccc(Oc4ccc5ccccc5c4)cc3C3C(CCCCO)C(CCCCO)C=C(C(=NOC4CCCCO4)CC1N(Cc1ccc(F)cc1)C(=O)CCC1CCCC1)C32. The molecule has 7 atom stereocenters. The van der Waals surface area contributed by atoms with Crippen molar-refractivity contribution in [3.05, 3.63) is 126 Å². The van der Waals surface area contributed by atoms with Crippen LogP contribution in [-0.2, 0) is 25.7 Å². The molecule has 3 aliphatic carbocycles. The Hall–Kier alpha value is -5.07. The fraction of sp³-hybridized carbons (Fsp3) is 0.509. The number of nitrogens with zero attached hydrogens (tertiary/aromatic N) is 2. The lowest BCUT2D eigenvalue weighted by Gasteiger charge is -2.60. The van der Waals surface area contributed by atoms with Gasteiger partial charge in [0.15, 0.2) is 0 Å². The first-order chi connectivity index (χ1) is 33.4. The minimum absolute atomic E-state index is 0.0154. The van der Waals surface area contributed by atoms with Gasteiger partial charge in [0.25, 0.3) is 0 Å². The number of carbonyl (C=O) groups excluding carboxylic acids is 1. The number of rotatable bonds is 21. The first kappa shape index (κ1) is 48.0. The molecule has 2 aliphatic heterocycles. The first-order valence-corrected chi connectivity index (χ1v) is 25.4. The number of fused-ring (bicyclic) bond motifs is 3. The van der Waals surface area contributed by atoms with E-state index in [1.54, 1.807) is 18.2 Å². The fourth-order valence-corrected chi connectivity index (χ4v) is 11.9. The number of oxime groups is 1. The van der Waals surface area contributed by atoms with Crippen molar-refractivity contribution in [2.75, 3.05) is 26.4 Å². The van der Waals surface area contributed by atoms with E-state index >= 15 is 4.79 Å². The van der Waals surface area contributed by atoms with Gasteiger partial charge in [-0.1, -0.05) is 98.3 Å². The van der Waals surface area contributed by atoms with Crippen LogP contribution in [0.5, 0.6) is 17.2 Å². The lowest BCUT2D eigenvalue weighted by atomic mass is 9.55. The summed E-state index contributed by atoms with van der Waals surface area (Å²) in [5.74, 6) is 0.170. The summed E-state index contributed by atoms with van der Waals surface area (Å²) in [5, 5.41) is 27.4. The van der Waals surface area contributed by atoms with Crippen molar-refractivity contribution >= 4 is 22.4 Å². The molecule has 0 spiro atoms. The number of aliphatic hydroxyl groups is 2. The van der Waals surface area contributed by atoms with E-state index in [0.29, 0.717) is 43.3 Å². The average molecular weight is 929 g/mol. The second-order valence-corrected chi connectivity index (χ2v) is 19.6. The summed E-state index contributed by atoms with van der Waals surface area (Å²) in [5.41, 5.74) is 3.46. The zero-order valence-corrected chi connectivity index (χ0v) is 39.5. The van der Waals surface area contributed by atoms with Crippen LogP contribution >= 0.6 is 0 Å². The number of allylic oxidation sites excluding steroid dienone is 1. The standard InChI is InChI=1S/C57H69FN2O8/c1-2-32-65-57-52(60(38-40-20-24-44(58)25-21-40)53(63)29-22-39-13-3-4-14-39)37-50(59-68-54-19-9-12-33-64-54)48-35-43(17-7-10-30-61)47(18-8-11-31-62)55(56(48)57)49-36-46(27-28-51(49)67-57)66-45-26-23-41-15-5-6-16-42(41)34-45/h2,5-6,15-16,20-21,23-28,34-36,39,43,47,52,54-56,61-62H,1,3-4,7-14,17-19,22,29-33,37-38H2. The largest absolute Gasteiger partial charge is 0.459 e. The summed E-state index contributed by atoms with van der Waals surface area (Å²) >= 11 is 0. The molecule has 0 aromatic heterocycles. The number of hydrogen-bond acceptors (Lipinski definition) is 9. The normalized spacial score (nSPS) is 26.1. The molecule has 0 radical (unpaired) electrons. The molecule has 9 rings (SSSR count). The summed E-state index contributed by atoms with van der Waals surface area (Å²) in [6.07, 6.45) is 16.9. The monoisotopic (exact) mass is 929 g/mol. The van der Waals surface area contributed by atoms with Crippen LogP contribution in [0.3, 0.4) is 0 Å². The van der Waals surface area contributed by atoms with E-state index in [1.165, 1.54) is 25.0 Å². The Labute approximate surface area is 401 Å². The first-order valence-electron chi connectivity index (χ1n) is 25.4. The van der Waals surface area contributed by atoms with Crippen molar-refractivity contribution < 1.29 is 43.2 Å². The number of unbranched alkanes of at least 4 members (excludes halogenated alkanes) is 2. The molecule has 2 saturated carbocycles. The van der Waals surface area contributed by atoms with Crippen LogP contribution in [0.1, 0.15) is 120 Å². The van der Waals surface area contributed by atoms with E-state index in [0.717, 1.165) is 103 Å². The number of halogens is 1. The number of hydrogen-bond donors (Lipinski definition) is 2. The Morgan fingerprint density at radius 1 is 0.868 bits per heavy atom. The molecule has 362 valence electrons. The number of benzene rings is 4. The lowest BCUT2D eigenvalue weighted by molar-refractivity contribution is -0.258. The van der Waals surface area contributed by atoms with Gasteiger partial charge in [0.1, 0.15) is 29.1 Å². The van der Waals surface area contributed by atoms with Crippen LogP contribution in [0.25, 0.3) is 10.8 Å². The molecule has 2 N–H and O–H groups in total.